The maximum absolute atomic E-state index is 12.2. The van der Waals surface area contributed by atoms with Crippen molar-refractivity contribution in [3.05, 3.63) is 48.3 Å². The van der Waals surface area contributed by atoms with Crippen molar-refractivity contribution in [3.63, 3.8) is 0 Å². The van der Waals surface area contributed by atoms with Gasteiger partial charge in [0.25, 0.3) is 0 Å². The number of methoxy groups -OCH3 is 1. The number of piperidine rings is 1. The van der Waals surface area contributed by atoms with Gasteiger partial charge in [0, 0.05) is 32.0 Å². The van der Waals surface area contributed by atoms with Crippen molar-refractivity contribution in [1.29, 1.82) is 0 Å². The molecule has 0 saturated carbocycles. The van der Waals surface area contributed by atoms with E-state index < -0.39 is 0 Å². The fraction of sp³-hybridized carbons (Fsp3) is 0.524. The molecule has 1 fully saturated rings. The number of aryl methyl sites for hydroxylation is 1. The summed E-state index contributed by atoms with van der Waals surface area (Å²) in [5.74, 6) is 1.45. The number of hydrogen-bond acceptors (Lipinski definition) is 4. The Morgan fingerprint density at radius 3 is 2.89 bits per heavy atom. The van der Waals surface area contributed by atoms with E-state index in [-0.39, 0.29) is 5.91 Å². The fourth-order valence-electron chi connectivity index (χ4n) is 3.66. The molecule has 146 valence electrons. The number of ether oxygens (including phenoxy) is 1. The molecular weight excluding hydrogens is 340 g/mol. The third kappa shape index (κ3) is 6.40. The summed E-state index contributed by atoms with van der Waals surface area (Å²) >= 11 is 0. The van der Waals surface area contributed by atoms with E-state index in [1.165, 1.54) is 12.8 Å². The summed E-state index contributed by atoms with van der Waals surface area (Å²) in [6.45, 7) is 5.06. The molecule has 6 nitrogen and oxygen atoms in total. The minimum atomic E-state index is 0.0935. The topological polar surface area (TPSA) is 59.4 Å². The van der Waals surface area contributed by atoms with Crippen molar-refractivity contribution >= 4 is 5.91 Å². The number of likely N-dealkylation sites (tertiary alicyclic amines) is 1. The van der Waals surface area contributed by atoms with Crippen molar-refractivity contribution in [2.45, 2.75) is 32.2 Å². The van der Waals surface area contributed by atoms with E-state index in [0.717, 1.165) is 50.5 Å². The standard InChI is InChI=1S/C21H30N4O2/c1-27-20-8-6-18(7-9-20)15-21(26)22-16-19-5-2-11-24(17-19)12-4-14-25-13-3-10-23-25/h3,6-10,13,19H,2,4-5,11-12,14-17H2,1H3,(H,22,26)/t19-/m1/s1. The Labute approximate surface area is 161 Å². The third-order valence-corrected chi connectivity index (χ3v) is 5.14. The van der Waals surface area contributed by atoms with Gasteiger partial charge in [0.05, 0.1) is 13.5 Å². The first-order chi connectivity index (χ1) is 13.2. The molecule has 1 saturated heterocycles. The van der Waals surface area contributed by atoms with Gasteiger partial charge in [-0.3, -0.25) is 9.48 Å². The molecule has 0 aliphatic carbocycles. The molecule has 2 aromatic rings. The lowest BCUT2D eigenvalue weighted by Crippen LogP contribution is -2.41. The second-order valence-corrected chi connectivity index (χ2v) is 7.26. The van der Waals surface area contributed by atoms with Crippen LogP contribution in [-0.4, -0.2) is 53.9 Å². The number of rotatable bonds is 9. The number of aromatic nitrogens is 2. The summed E-state index contributed by atoms with van der Waals surface area (Å²) in [5, 5.41) is 7.37. The van der Waals surface area contributed by atoms with Gasteiger partial charge in [-0.15, -0.1) is 0 Å². The second-order valence-electron chi connectivity index (χ2n) is 7.26. The molecule has 1 atom stereocenters. The molecule has 0 radical (unpaired) electrons. The van der Waals surface area contributed by atoms with Crippen LogP contribution >= 0.6 is 0 Å². The van der Waals surface area contributed by atoms with Gasteiger partial charge in [0.15, 0.2) is 0 Å². The van der Waals surface area contributed by atoms with Crippen molar-refractivity contribution in [1.82, 2.24) is 20.0 Å². The Morgan fingerprint density at radius 1 is 1.30 bits per heavy atom. The van der Waals surface area contributed by atoms with Crippen LogP contribution in [0.5, 0.6) is 5.75 Å². The molecule has 1 aliphatic rings. The molecule has 1 amide bonds. The predicted molar refractivity (Wildman–Crippen MR) is 106 cm³/mol. The first-order valence-corrected chi connectivity index (χ1v) is 9.82. The average Bonchev–Trinajstić information content (AvgIpc) is 3.21. The summed E-state index contributed by atoms with van der Waals surface area (Å²) < 4.78 is 7.14. The van der Waals surface area contributed by atoms with Gasteiger partial charge in [-0.25, -0.2) is 0 Å². The first kappa shape index (κ1) is 19.4. The van der Waals surface area contributed by atoms with Crippen LogP contribution < -0.4 is 10.1 Å². The van der Waals surface area contributed by atoms with E-state index in [0.29, 0.717) is 12.3 Å². The number of nitrogens with zero attached hydrogens (tertiary/aromatic N) is 3. The van der Waals surface area contributed by atoms with E-state index in [1.54, 1.807) is 7.11 Å². The lowest BCUT2D eigenvalue weighted by atomic mass is 9.97. The van der Waals surface area contributed by atoms with Gasteiger partial charge in [-0.2, -0.15) is 5.10 Å². The molecule has 0 bridgehead atoms. The summed E-state index contributed by atoms with van der Waals surface area (Å²) in [6, 6.07) is 9.64. The normalized spacial score (nSPS) is 17.6. The van der Waals surface area contributed by atoms with Crippen molar-refractivity contribution in [3.8, 4) is 5.75 Å². The highest BCUT2D eigenvalue weighted by atomic mass is 16.5. The maximum atomic E-state index is 12.2. The van der Waals surface area contributed by atoms with E-state index in [9.17, 15) is 4.79 Å². The Kier molecular flexibility index (Phi) is 7.27. The van der Waals surface area contributed by atoms with Crippen LogP contribution in [0.3, 0.4) is 0 Å². The summed E-state index contributed by atoms with van der Waals surface area (Å²) in [5.41, 5.74) is 1.01. The number of benzene rings is 1. The minimum absolute atomic E-state index is 0.0935. The molecule has 6 heteroatoms. The Balaban J connectivity index is 1.35. The lowest BCUT2D eigenvalue weighted by molar-refractivity contribution is -0.120. The van der Waals surface area contributed by atoms with E-state index >= 15 is 0 Å². The van der Waals surface area contributed by atoms with E-state index in [2.05, 4.69) is 15.3 Å². The van der Waals surface area contributed by atoms with Crippen molar-refractivity contribution < 1.29 is 9.53 Å². The highest BCUT2D eigenvalue weighted by Crippen LogP contribution is 2.16. The maximum Gasteiger partial charge on any atom is 0.224 e. The number of nitrogens with one attached hydrogen (secondary N) is 1. The molecule has 1 aromatic carbocycles. The Morgan fingerprint density at radius 2 is 2.15 bits per heavy atom. The van der Waals surface area contributed by atoms with Gasteiger partial charge in [-0.1, -0.05) is 12.1 Å². The largest absolute Gasteiger partial charge is 0.497 e. The molecule has 0 unspecified atom stereocenters. The van der Waals surface area contributed by atoms with Gasteiger partial charge < -0.3 is 15.0 Å². The second kappa shape index (κ2) is 10.1. The van der Waals surface area contributed by atoms with Crippen LogP contribution in [0.25, 0.3) is 0 Å². The molecule has 1 N–H and O–H groups in total. The SMILES string of the molecule is COc1ccc(CC(=O)NC[C@H]2CCCN(CCCn3cccn3)C2)cc1. The predicted octanol–water partition coefficient (Wildman–Crippen LogP) is 2.35. The average molecular weight is 370 g/mol. The molecule has 1 aromatic heterocycles. The smallest absolute Gasteiger partial charge is 0.224 e. The van der Waals surface area contributed by atoms with Gasteiger partial charge >= 0.3 is 0 Å². The molecular formula is C21H30N4O2. The zero-order chi connectivity index (χ0) is 18.9. The van der Waals surface area contributed by atoms with Crippen LogP contribution in [0.4, 0.5) is 0 Å². The van der Waals surface area contributed by atoms with Gasteiger partial charge in [0.1, 0.15) is 5.75 Å². The minimum Gasteiger partial charge on any atom is -0.497 e. The first-order valence-electron chi connectivity index (χ1n) is 9.82. The highest BCUT2D eigenvalue weighted by molar-refractivity contribution is 5.78. The summed E-state index contributed by atoms with van der Waals surface area (Å²) in [7, 11) is 1.65. The fourth-order valence-corrected chi connectivity index (χ4v) is 3.66. The third-order valence-electron chi connectivity index (χ3n) is 5.14. The van der Waals surface area contributed by atoms with Crippen molar-refractivity contribution in [2.75, 3.05) is 33.3 Å². The summed E-state index contributed by atoms with van der Waals surface area (Å²) in [4.78, 5) is 14.7. The zero-order valence-electron chi connectivity index (χ0n) is 16.1. The van der Waals surface area contributed by atoms with Gasteiger partial charge in [0.2, 0.25) is 5.91 Å². The lowest BCUT2D eigenvalue weighted by Gasteiger charge is -2.32. The van der Waals surface area contributed by atoms with Crippen LogP contribution in [0, 0.1) is 5.92 Å². The molecule has 27 heavy (non-hydrogen) atoms. The van der Waals surface area contributed by atoms with E-state index in [4.69, 9.17) is 4.74 Å². The molecule has 0 spiro atoms. The number of carbonyl (C=O) groups excluding carboxylic acids is 1. The number of hydrogen-bond donors (Lipinski definition) is 1. The van der Waals surface area contributed by atoms with Crippen LogP contribution in [0.1, 0.15) is 24.8 Å². The highest BCUT2D eigenvalue weighted by Gasteiger charge is 2.20. The Bertz CT molecular complexity index is 685. The van der Waals surface area contributed by atoms with Gasteiger partial charge in [-0.05, 0) is 62.0 Å². The molecule has 2 heterocycles. The van der Waals surface area contributed by atoms with Crippen molar-refractivity contribution in [2.24, 2.45) is 5.92 Å². The quantitative estimate of drug-likeness (QED) is 0.736. The number of carbonyl (C=O) groups is 1. The Hall–Kier alpha value is -2.34. The number of amides is 1. The monoisotopic (exact) mass is 370 g/mol. The van der Waals surface area contributed by atoms with Crippen LogP contribution in [-0.2, 0) is 17.8 Å². The van der Waals surface area contributed by atoms with E-state index in [1.807, 2.05) is 47.4 Å². The molecule has 3 rings (SSSR count). The van der Waals surface area contributed by atoms with Crippen LogP contribution in [0.15, 0.2) is 42.7 Å². The zero-order valence-corrected chi connectivity index (χ0v) is 16.1. The summed E-state index contributed by atoms with van der Waals surface area (Å²) in [6.07, 6.45) is 7.77. The molecule has 1 aliphatic heterocycles. The van der Waals surface area contributed by atoms with Crippen LogP contribution in [0.2, 0.25) is 0 Å².